The molecule has 0 aliphatic rings. The van der Waals surface area contributed by atoms with Gasteiger partial charge in [0.25, 0.3) is 5.91 Å². The number of esters is 1. The molecule has 0 spiro atoms. The van der Waals surface area contributed by atoms with E-state index < -0.39 is 5.97 Å². The van der Waals surface area contributed by atoms with Crippen LogP contribution in [0, 0.1) is 6.92 Å². The minimum atomic E-state index is -0.477. The molecule has 116 valence electrons. The quantitative estimate of drug-likeness (QED) is 0.830. The number of carbonyl (C=O) groups excluding carboxylic acids is 2. The van der Waals surface area contributed by atoms with Crippen LogP contribution in [0.3, 0.4) is 0 Å². The molecule has 1 amide bonds. The Balaban J connectivity index is 1.83. The van der Waals surface area contributed by atoms with Gasteiger partial charge in [-0.2, -0.15) is 0 Å². The first-order valence-corrected chi connectivity index (χ1v) is 7.72. The van der Waals surface area contributed by atoms with E-state index in [-0.39, 0.29) is 12.5 Å². The number of benzene rings is 1. The van der Waals surface area contributed by atoms with Gasteiger partial charge < -0.3 is 14.8 Å². The Labute approximate surface area is 132 Å². The Morgan fingerprint density at radius 2 is 1.91 bits per heavy atom. The van der Waals surface area contributed by atoms with E-state index in [1.54, 1.807) is 24.3 Å². The number of hydrogen-bond donors (Lipinski definition) is 1. The Morgan fingerprint density at radius 3 is 2.50 bits per heavy atom. The van der Waals surface area contributed by atoms with Gasteiger partial charge in [0, 0.05) is 5.69 Å². The third kappa shape index (κ3) is 4.33. The molecule has 0 saturated heterocycles. The highest BCUT2D eigenvalue weighted by molar-refractivity contribution is 7.12. The summed E-state index contributed by atoms with van der Waals surface area (Å²) in [5.41, 5.74) is 1.47. The summed E-state index contributed by atoms with van der Waals surface area (Å²) in [6, 6.07) is 8.82. The average Bonchev–Trinajstić information content (AvgIpc) is 2.93. The predicted molar refractivity (Wildman–Crippen MR) is 85.6 cm³/mol. The molecule has 22 heavy (non-hydrogen) atoms. The number of anilines is 1. The van der Waals surface area contributed by atoms with E-state index in [0.717, 1.165) is 11.3 Å². The average molecular weight is 319 g/mol. The molecule has 1 N–H and O–H groups in total. The highest BCUT2D eigenvalue weighted by Gasteiger charge is 2.13. The van der Waals surface area contributed by atoms with Crippen LogP contribution in [0.5, 0.6) is 5.75 Å². The topological polar surface area (TPSA) is 64.6 Å². The van der Waals surface area contributed by atoms with Crippen LogP contribution in [0.1, 0.15) is 22.2 Å². The van der Waals surface area contributed by atoms with Crippen molar-refractivity contribution < 1.29 is 19.1 Å². The van der Waals surface area contributed by atoms with Crippen molar-refractivity contribution in [2.24, 2.45) is 0 Å². The summed E-state index contributed by atoms with van der Waals surface area (Å²) >= 11 is 1.30. The fourth-order valence-corrected chi connectivity index (χ4v) is 2.59. The van der Waals surface area contributed by atoms with Crippen molar-refractivity contribution in [2.75, 3.05) is 18.5 Å². The van der Waals surface area contributed by atoms with Gasteiger partial charge in [-0.05, 0) is 55.1 Å². The number of carbonyl (C=O) groups is 2. The van der Waals surface area contributed by atoms with Crippen molar-refractivity contribution in [2.45, 2.75) is 13.8 Å². The van der Waals surface area contributed by atoms with E-state index in [4.69, 9.17) is 9.47 Å². The predicted octanol–water partition coefficient (Wildman–Crippen LogP) is 3.25. The number of hydrogen-bond acceptors (Lipinski definition) is 5. The molecule has 0 aliphatic carbocycles. The molecule has 1 aromatic carbocycles. The molecule has 2 aromatic rings. The molecule has 2 rings (SSSR count). The van der Waals surface area contributed by atoms with Crippen LogP contribution in [-0.4, -0.2) is 25.1 Å². The van der Waals surface area contributed by atoms with E-state index in [0.29, 0.717) is 17.2 Å². The second kappa shape index (κ2) is 7.61. The Bertz CT molecular complexity index is 648. The fourth-order valence-electron chi connectivity index (χ4n) is 1.78. The van der Waals surface area contributed by atoms with Crippen molar-refractivity contribution >= 4 is 28.9 Å². The molecule has 0 saturated carbocycles. The number of rotatable bonds is 6. The van der Waals surface area contributed by atoms with Crippen molar-refractivity contribution in [1.29, 1.82) is 0 Å². The Kier molecular flexibility index (Phi) is 5.55. The zero-order chi connectivity index (χ0) is 15.9. The van der Waals surface area contributed by atoms with Crippen LogP contribution >= 0.6 is 11.3 Å². The smallest absolute Gasteiger partial charge is 0.349 e. The van der Waals surface area contributed by atoms with Crippen LogP contribution in [-0.2, 0) is 9.53 Å². The first-order chi connectivity index (χ1) is 10.6. The maximum Gasteiger partial charge on any atom is 0.349 e. The lowest BCUT2D eigenvalue weighted by atomic mass is 10.3. The molecule has 0 fully saturated rings. The van der Waals surface area contributed by atoms with Crippen LogP contribution in [0.25, 0.3) is 0 Å². The van der Waals surface area contributed by atoms with E-state index in [1.807, 2.05) is 25.3 Å². The van der Waals surface area contributed by atoms with Crippen molar-refractivity contribution in [3.05, 3.63) is 46.2 Å². The lowest BCUT2D eigenvalue weighted by Gasteiger charge is -2.07. The summed E-state index contributed by atoms with van der Waals surface area (Å²) in [4.78, 5) is 24.1. The minimum Gasteiger partial charge on any atom is -0.494 e. The van der Waals surface area contributed by atoms with E-state index in [9.17, 15) is 9.59 Å². The molecule has 0 unspecified atom stereocenters. The first kappa shape index (κ1) is 16.0. The highest BCUT2D eigenvalue weighted by atomic mass is 32.1. The van der Waals surface area contributed by atoms with Gasteiger partial charge in [-0.3, -0.25) is 4.79 Å². The van der Waals surface area contributed by atoms with Crippen LogP contribution in [0.2, 0.25) is 0 Å². The third-order valence-electron chi connectivity index (χ3n) is 2.83. The monoisotopic (exact) mass is 319 g/mol. The molecular weight excluding hydrogens is 302 g/mol. The van der Waals surface area contributed by atoms with Crippen LogP contribution in [0.15, 0.2) is 35.7 Å². The molecule has 6 heteroatoms. The van der Waals surface area contributed by atoms with Crippen molar-refractivity contribution in [3.8, 4) is 5.75 Å². The summed E-state index contributed by atoms with van der Waals surface area (Å²) in [6.07, 6.45) is 0. The van der Waals surface area contributed by atoms with Gasteiger partial charge in [0.1, 0.15) is 10.6 Å². The molecule has 1 aromatic heterocycles. The third-order valence-corrected chi connectivity index (χ3v) is 3.83. The minimum absolute atomic E-state index is 0.316. The molecule has 5 nitrogen and oxygen atoms in total. The zero-order valence-electron chi connectivity index (χ0n) is 12.4. The summed E-state index contributed by atoms with van der Waals surface area (Å²) in [7, 11) is 0. The summed E-state index contributed by atoms with van der Waals surface area (Å²) in [5, 5.41) is 4.47. The Hall–Kier alpha value is -2.34. The zero-order valence-corrected chi connectivity index (χ0v) is 13.2. The molecule has 1 heterocycles. The van der Waals surface area contributed by atoms with E-state index in [1.165, 1.54) is 11.3 Å². The second-order valence-electron chi connectivity index (χ2n) is 4.51. The normalized spacial score (nSPS) is 10.1. The summed E-state index contributed by atoms with van der Waals surface area (Å²) in [6.45, 7) is 4.00. The maximum absolute atomic E-state index is 11.8. The van der Waals surface area contributed by atoms with Crippen molar-refractivity contribution in [1.82, 2.24) is 0 Å². The molecular formula is C16H17NO4S. The SMILES string of the molecule is CCOc1ccc(NC(=O)COC(=O)c2sccc2C)cc1. The standard InChI is InChI=1S/C16H17NO4S/c1-3-20-13-6-4-12(5-7-13)17-14(18)10-21-16(19)15-11(2)8-9-22-15/h4-9H,3,10H2,1-2H3,(H,17,18). The van der Waals surface area contributed by atoms with Gasteiger partial charge >= 0.3 is 5.97 Å². The van der Waals surface area contributed by atoms with Gasteiger partial charge in [0.15, 0.2) is 6.61 Å². The van der Waals surface area contributed by atoms with Gasteiger partial charge in [0.2, 0.25) is 0 Å². The highest BCUT2D eigenvalue weighted by Crippen LogP contribution is 2.17. The van der Waals surface area contributed by atoms with Crippen LogP contribution in [0.4, 0.5) is 5.69 Å². The maximum atomic E-state index is 11.8. The molecule has 0 radical (unpaired) electrons. The second-order valence-corrected chi connectivity index (χ2v) is 5.43. The molecule has 0 atom stereocenters. The fraction of sp³-hybridized carbons (Fsp3) is 0.250. The summed E-state index contributed by atoms with van der Waals surface area (Å²) < 4.78 is 10.3. The van der Waals surface area contributed by atoms with Crippen LogP contribution < -0.4 is 10.1 Å². The van der Waals surface area contributed by atoms with Gasteiger partial charge in [0.05, 0.1) is 6.61 Å². The number of ether oxygens (including phenoxy) is 2. The van der Waals surface area contributed by atoms with Gasteiger partial charge in [-0.1, -0.05) is 0 Å². The molecule has 0 bridgehead atoms. The number of amides is 1. The lowest BCUT2D eigenvalue weighted by Crippen LogP contribution is -2.20. The Morgan fingerprint density at radius 1 is 1.18 bits per heavy atom. The number of nitrogens with one attached hydrogen (secondary N) is 1. The van der Waals surface area contributed by atoms with E-state index >= 15 is 0 Å². The number of thiophene rings is 1. The van der Waals surface area contributed by atoms with Gasteiger partial charge in [-0.25, -0.2) is 4.79 Å². The summed E-state index contributed by atoms with van der Waals surface area (Å²) in [5.74, 6) is -0.124. The first-order valence-electron chi connectivity index (χ1n) is 6.84. The van der Waals surface area contributed by atoms with Crippen molar-refractivity contribution in [3.63, 3.8) is 0 Å². The van der Waals surface area contributed by atoms with Gasteiger partial charge in [-0.15, -0.1) is 11.3 Å². The largest absolute Gasteiger partial charge is 0.494 e. The van der Waals surface area contributed by atoms with E-state index in [2.05, 4.69) is 5.32 Å². The number of aryl methyl sites for hydroxylation is 1. The molecule has 0 aliphatic heterocycles. The lowest BCUT2D eigenvalue weighted by molar-refractivity contribution is -0.119.